The molecule has 1 fully saturated rings. The van der Waals surface area contributed by atoms with E-state index in [9.17, 15) is 14.4 Å². The average Bonchev–Trinajstić information content (AvgIpc) is 3.14. The molecule has 2 aromatic carbocycles. The Morgan fingerprint density at radius 1 is 1.08 bits per heavy atom. The lowest BCUT2D eigenvalue weighted by Crippen LogP contribution is -2.43. The molecule has 3 N–H and O–H groups in total. The molecule has 198 valence electrons. The summed E-state index contributed by atoms with van der Waals surface area (Å²) in [5.74, 6) is -2.56. The molecule has 9 heteroatoms. The summed E-state index contributed by atoms with van der Waals surface area (Å²) in [6, 6.07) is 11.1. The van der Waals surface area contributed by atoms with Crippen LogP contribution in [-0.4, -0.2) is 37.0 Å². The van der Waals surface area contributed by atoms with E-state index in [4.69, 9.17) is 21.1 Å². The van der Waals surface area contributed by atoms with Gasteiger partial charge in [-0.15, -0.1) is 0 Å². The number of anilines is 1. The topological polar surface area (TPSA) is 106 Å². The minimum atomic E-state index is -1.53. The molecule has 1 amide bonds. The Hall–Kier alpha value is -3.10. The van der Waals surface area contributed by atoms with Crippen molar-refractivity contribution in [1.29, 1.82) is 0 Å². The molecular weight excluding hydrogens is 494 g/mol. The van der Waals surface area contributed by atoms with Crippen LogP contribution in [0.2, 0.25) is 5.02 Å². The first kappa shape index (κ1) is 26.9. The van der Waals surface area contributed by atoms with E-state index >= 15 is 0 Å². The van der Waals surface area contributed by atoms with Crippen molar-refractivity contribution in [1.82, 2.24) is 10.6 Å². The molecule has 2 aliphatic rings. The number of hydrogen-bond acceptors (Lipinski definition) is 7. The molecule has 37 heavy (non-hydrogen) atoms. The highest BCUT2D eigenvalue weighted by Gasteiger charge is 2.46. The molecule has 0 radical (unpaired) electrons. The minimum Gasteiger partial charge on any atom is -0.416 e. The zero-order chi connectivity index (χ0) is 26.4. The van der Waals surface area contributed by atoms with Crippen LogP contribution in [0.4, 0.5) is 5.69 Å². The summed E-state index contributed by atoms with van der Waals surface area (Å²) in [7, 11) is 0. The molecule has 4 rings (SSSR count). The zero-order valence-electron chi connectivity index (χ0n) is 21.3. The van der Waals surface area contributed by atoms with E-state index < -0.39 is 17.7 Å². The molecule has 0 aliphatic carbocycles. The summed E-state index contributed by atoms with van der Waals surface area (Å²) < 4.78 is 11.4. The standard InChI is InChI=1S/C28H34ClN3O5/c1-3-4-5-18(2)32-27(35)20-8-6-19(7-9-20)16-31-26-21-14-15-30-17-28(22(21)10-11-23(26)29)36-24(33)12-13-25(34)37-28/h6-11,18,30-31H,3-5,12-17H2,1-2H3,(H,32,35). The monoisotopic (exact) mass is 527 g/mol. The fourth-order valence-corrected chi connectivity index (χ4v) is 4.96. The molecule has 2 aliphatic heterocycles. The van der Waals surface area contributed by atoms with E-state index in [-0.39, 0.29) is 31.3 Å². The molecule has 1 saturated heterocycles. The van der Waals surface area contributed by atoms with Gasteiger partial charge in [-0.2, -0.15) is 0 Å². The molecule has 1 unspecified atom stereocenters. The van der Waals surface area contributed by atoms with Crippen molar-refractivity contribution >= 4 is 35.1 Å². The van der Waals surface area contributed by atoms with Crippen molar-refractivity contribution in [2.24, 2.45) is 0 Å². The smallest absolute Gasteiger partial charge is 0.309 e. The van der Waals surface area contributed by atoms with Gasteiger partial charge in [-0.1, -0.05) is 43.5 Å². The van der Waals surface area contributed by atoms with Crippen LogP contribution in [0.15, 0.2) is 36.4 Å². The molecule has 1 spiro atoms. The number of rotatable bonds is 8. The van der Waals surface area contributed by atoms with Crippen LogP contribution in [-0.2, 0) is 37.8 Å². The number of amides is 1. The molecular formula is C28H34ClN3O5. The molecule has 0 saturated carbocycles. The predicted molar refractivity (Wildman–Crippen MR) is 141 cm³/mol. The third-order valence-electron chi connectivity index (χ3n) is 6.73. The maximum absolute atomic E-state index is 12.5. The lowest BCUT2D eigenvalue weighted by Gasteiger charge is -2.32. The van der Waals surface area contributed by atoms with Gasteiger partial charge < -0.3 is 25.4 Å². The first-order valence-electron chi connectivity index (χ1n) is 12.9. The SMILES string of the molecule is CCCCC(C)NC(=O)c1ccc(CNc2c(Cl)ccc3c2CCNCC32OC(=O)CCC(=O)O2)cc1. The lowest BCUT2D eigenvalue weighted by molar-refractivity contribution is -0.225. The first-order chi connectivity index (χ1) is 17.8. The summed E-state index contributed by atoms with van der Waals surface area (Å²) in [5.41, 5.74) is 3.72. The van der Waals surface area contributed by atoms with Gasteiger partial charge in [0.2, 0.25) is 0 Å². The van der Waals surface area contributed by atoms with Crippen LogP contribution < -0.4 is 16.0 Å². The molecule has 1 atom stereocenters. The van der Waals surface area contributed by atoms with Crippen LogP contribution in [0.25, 0.3) is 0 Å². The summed E-state index contributed by atoms with van der Waals surface area (Å²) in [4.78, 5) is 37.2. The van der Waals surface area contributed by atoms with Gasteiger partial charge in [0.1, 0.15) is 0 Å². The number of fused-ring (bicyclic) bond motifs is 2. The second kappa shape index (κ2) is 12.0. The van der Waals surface area contributed by atoms with Gasteiger partial charge in [-0.05, 0) is 61.7 Å². The largest absolute Gasteiger partial charge is 0.416 e. The Kier molecular flexibility index (Phi) is 8.71. The van der Waals surface area contributed by atoms with Crippen molar-refractivity contribution < 1.29 is 23.9 Å². The van der Waals surface area contributed by atoms with Crippen LogP contribution in [0.1, 0.15) is 73.0 Å². The van der Waals surface area contributed by atoms with Gasteiger partial charge in [0.15, 0.2) is 0 Å². The first-order valence-corrected chi connectivity index (χ1v) is 13.3. The normalized spacial score (nSPS) is 17.6. The zero-order valence-corrected chi connectivity index (χ0v) is 22.1. The summed E-state index contributed by atoms with van der Waals surface area (Å²) in [6.07, 6.45) is 3.72. The number of carbonyl (C=O) groups excluding carboxylic acids is 3. The highest BCUT2D eigenvalue weighted by molar-refractivity contribution is 6.33. The highest BCUT2D eigenvalue weighted by Crippen LogP contribution is 2.40. The molecule has 2 heterocycles. The van der Waals surface area contributed by atoms with Gasteiger partial charge in [0.05, 0.1) is 30.1 Å². The Balaban J connectivity index is 1.51. The number of hydrogen-bond donors (Lipinski definition) is 3. The van der Waals surface area contributed by atoms with Gasteiger partial charge in [-0.3, -0.25) is 14.4 Å². The summed E-state index contributed by atoms with van der Waals surface area (Å²) in [5, 5.41) is 10.2. The fraction of sp³-hybridized carbons (Fsp3) is 0.464. The third kappa shape index (κ3) is 6.43. The number of halogens is 1. The Labute approximate surface area is 222 Å². The van der Waals surface area contributed by atoms with Crippen LogP contribution in [0.3, 0.4) is 0 Å². The number of esters is 2. The Bertz CT molecular complexity index is 1130. The van der Waals surface area contributed by atoms with E-state index in [0.29, 0.717) is 41.3 Å². The molecule has 8 nitrogen and oxygen atoms in total. The van der Waals surface area contributed by atoms with Crippen LogP contribution in [0.5, 0.6) is 0 Å². The number of nitrogens with one attached hydrogen (secondary N) is 3. The van der Waals surface area contributed by atoms with Gasteiger partial charge >= 0.3 is 11.9 Å². The second-order valence-corrected chi connectivity index (χ2v) is 10.1. The molecule has 0 bridgehead atoms. The molecule has 0 aromatic heterocycles. The average molecular weight is 528 g/mol. The predicted octanol–water partition coefficient (Wildman–Crippen LogP) is 4.44. The van der Waals surface area contributed by atoms with Gasteiger partial charge in [0, 0.05) is 23.7 Å². The Morgan fingerprint density at radius 3 is 2.46 bits per heavy atom. The van der Waals surface area contributed by atoms with Crippen molar-refractivity contribution in [2.45, 2.75) is 70.7 Å². The number of carbonyl (C=O) groups is 3. The van der Waals surface area contributed by atoms with Crippen molar-refractivity contribution in [3.05, 3.63) is 63.7 Å². The van der Waals surface area contributed by atoms with E-state index in [1.165, 1.54) is 0 Å². The Morgan fingerprint density at radius 2 is 1.78 bits per heavy atom. The van der Waals surface area contributed by atoms with Crippen molar-refractivity contribution in [2.75, 3.05) is 18.4 Å². The number of unbranched alkanes of at least 4 members (excludes halogenated alkanes) is 1. The second-order valence-electron chi connectivity index (χ2n) is 9.64. The van der Waals surface area contributed by atoms with E-state index in [1.54, 1.807) is 12.1 Å². The van der Waals surface area contributed by atoms with Crippen molar-refractivity contribution in [3.8, 4) is 0 Å². The van der Waals surface area contributed by atoms with Crippen LogP contribution in [0, 0.1) is 0 Å². The van der Waals surface area contributed by atoms with Crippen LogP contribution >= 0.6 is 11.6 Å². The minimum absolute atomic E-state index is 0.0136. The lowest BCUT2D eigenvalue weighted by atomic mass is 9.96. The number of ether oxygens (including phenoxy) is 2. The van der Waals surface area contributed by atoms with Crippen molar-refractivity contribution in [3.63, 3.8) is 0 Å². The quantitative estimate of drug-likeness (QED) is 0.436. The van der Waals surface area contributed by atoms with Gasteiger partial charge in [-0.25, -0.2) is 0 Å². The fourth-order valence-electron chi connectivity index (χ4n) is 4.72. The maximum Gasteiger partial charge on any atom is 0.309 e. The summed E-state index contributed by atoms with van der Waals surface area (Å²) in [6.45, 7) is 5.38. The number of benzene rings is 2. The maximum atomic E-state index is 12.5. The third-order valence-corrected chi connectivity index (χ3v) is 7.04. The van der Waals surface area contributed by atoms with E-state index in [2.05, 4.69) is 22.9 Å². The molecule has 2 aromatic rings. The van der Waals surface area contributed by atoms with E-state index in [0.717, 1.165) is 30.4 Å². The highest BCUT2D eigenvalue weighted by atomic mass is 35.5. The summed E-state index contributed by atoms with van der Waals surface area (Å²) >= 11 is 6.60. The van der Waals surface area contributed by atoms with E-state index in [1.807, 2.05) is 31.2 Å². The van der Waals surface area contributed by atoms with Gasteiger partial charge in [0.25, 0.3) is 11.7 Å².